The summed E-state index contributed by atoms with van der Waals surface area (Å²) in [5.41, 5.74) is -0.401. The smallest absolute Gasteiger partial charge is 0.307 e. The zero-order chi connectivity index (χ0) is 15.1. The van der Waals surface area contributed by atoms with Crippen molar-refractivity contribution in [3.63, 3.8) is 0 Å². The van der Waals surface area contributed by atoms with Gasteiger partial charge in [-0.15, -0.1) is 0 Å². The highest BCUT2D eigenvalue weighted by Crippen LogP contribution is 2.59. The van der Waals surface area contributed by atoms with Gasteiger partial charge in [0.1, 0.15) is 0 Å². The molecule has 0 unspecified atom stereocenters. The molecule has 0 aromatic carbocycles. The second-order valence-corrected chi connectivity index (χ2v) is 6.73. The van der Waals surface area contributed by atoms with Gasteiger partial charge in [0.15, 0.2) is 0 Å². The number of hydrogen-bond acceptors (Lipinski definition) is 3. The number of carboxylic acids is 1. The minimum absolute atomic E-state index is 0.0114. The first-order valence-electron chi connectivity index (χ1n) is 7.52. The summed E-state index contributed by atoms with van der Waals surface area (Å²) >= 11 is 0. The van der Waals surface area contributed by atoms with Crippen LogP contribution in [0, 0.1) is 17.3 Å². The molecule has 0 bridgehead atoms. The van der Waals surface area contributed by atoms with E-state index >= 15 is 0 Å². The molecule has 1 amide bonds. The molecule has 2 rings (SSSR count). The third-order valence-corrected chi connectivity index (χ3v) is 5.26. The van der Waals surface area contributed by atoms with Crippen molar-refractivity contribution in [2.75, 3.05) is 26.7 Å². The van der Waals surface area contributed by atoms with Gasteiger partial charge in [0.05, 0.1) is 11.8 Å². The van der Waals surface area contributed by atoms with Crippen molar-refractivity contribution < 1.29 is 14.7 Å². The monoisotopic (exact) mass is 282 g/mol. The Morgan fingerprint density at radius 1 is 1.25 bits per heavy atom. The van der Waals surface area contributed by atoms with E-state index in [0.29, 0.717) is 0 Å². The van der Waals surface area contributed by atoms with Crippen LogP contribution in [-0.4, -0.2) is 59.5 Å². The van der Waals surface area contributed by atoms with Crippen LogP contribution in [0.4, 0.5) is 0 Å². The quantitative estimate of drug-likeness (QED) is 0.844. The van der Waals surface area contributed by atoms with Crippen molar-refractivity contribution in [2.24, 2.45) is 17.3 Å². The minimum atomic E-state index is -0.845. The molecule has 0 aromatic heterocycles. The molecule has 1 aliphatic heterocycles. The minimum Gasteiger partial charge on any atom is -0.481 e. The van der Waals surface area contributed by atoms with Crippen molar-refractivity contribution in [2.45, 2.75) is 39.7 Å². The summed E-state index contributed by atoms with van der Waals surface area (Å²) in [6.07, 6.45) is 1.97. The Morgan fingerprint density at radius 3 is 2.20 bits per heavy atom. The molecule has 5 heteroatoms. The van der Waals surface area contributed by atoms with Gasteiger partial charge in [-0.2, -0.15) is 0 Å². The van der Waals surface area contributed by atoms with Gasteiger partial charge in [0.2, 0.25) is 5.91 Å². The molecule has 0 aromatic rings. The fourth-order valence-corrected chi connectivity index (χ4v) is 3.58. The highest BCUT2D eigenvalue weighted by atomic mass is 16.4. The van der Waals surface area contributed by atoms with E-state index in [2.05, 4.69) is 11.8 Å². The van der Waals surface area contributed by atoms with E-state index in [4.69, 9.17) is 0 Å². The third kappa shape index (κ3) is 2.55. The molecular weight excluding hydrogens is 256 g/mol. The second-order valence-electron chi connectivity index (χ2n) is 6.73. The number of nitrogens with zero attached hydrogens (tertiary/aromatic N) is 2. The molecule has 2 atom stereocenters. The van der Waals surface area contributed by atoms with Crippen LogP contribution in [-0.2, 0) is 9.59 Å². The number of likely N-dealkylation sites (tertiary alicyclic amines) is 1. The molecule has 1 saturated carbocycles. The lowest BCUT2D eigenvalue weighted by Gasteiger charge is -2.36. The first-order chi connectivity index (χ1) is 9.30. The van der Waals surface area contributed by atoms with Crippen LogP contribution in [0.5, 0.6) is 0 Å². The van der Waals surface area contributed by atoms with E-state index in [-0.39, 0.29) is 17.9 Å². The average molecular weight is 282 g/mol. The van der Waals surface area contributed by atoms with Crippen LogP contribution in [0.1, 0.15) is 33.6 Å². The molecule has 1 saturated heterocycles. The van der Waals surface area contributed by atoms with Crippen LogP contribution >= 0.6 is 0 Å². The van der Waals surface area contributed by atoms with E-state index in [1.165, 1.54) is 0 Å². The van der Waals surface area contributed by atoms with E-state index < -0.39 is 17.3 Å². The van der Waals surface area contributed by atoms with Crippen LogP contribution in [0.3, 0.4) is 0 Å². The summed E-state index contributed by atoms with van der Waals surface area (Å²) in [4.78, 5) is 27.9. The van der Waals surface area contributed by atoms with Crippen LogP contribution < -0.4 is 0 Å². The number of rotatable bonds is 4. The van der Waals surface area contributed by atoms with Crippen molar-refractivity contribution in [1.29, 1.82) is 0 Å². The molecular formula is C15H26N2O3. The Bertz CT molecular complexity index is 400. The molecule has 1 N–H and O–H groups in total. The van der Waals surface area contributed by atoms with Gasteiger partial charge < -0.3 is 14.9 Å². The number of aliphatic carboxylic acids is 1. The van der Waals surface area contributed by atoms with E-state index in [9.17, 15) is 14.7 Å². The summed E-state index contributed by atoms with van der Waals surface area (Å²) in [6, 6.07) is 0.260. The van der Waals surface area contributed by atoms with Gasteiger partial charge in [0.25, 0.3) is 0 Å². The number of carbonyl (C=O) groups is 2. The van der Waals surface area contributed by atoms with Crippen molar-refractivity contribution >= 4 is 11.9 Å². The topological polar surface area (TPSA) is 60.9 Å². The summed E-state index contributed by atoms with van der Waals surface area (Å²) in [6.45, 7) is 9.01. The van der Waals surface area contributed by atoms with Gasteiger partial charge in [-0.3, -0.25) is 9.59 Å². The van der Waals surface area contributed by atoms with Crippen molar-refractivity contribution in [3.05, 3.63) is 0 Å². The summed E-state index contributed by atoms with van der Waals surface area (Å²) in [5.74, 6) is -1.71. The lowest BCUT2D eigenvalue weighted by molar-refractivity contribution is -0.142. The van der Waals surface area contributed by atoms with Gasteiger partial charge in [-0.1, -0.05) is 20.8 Å². The highest BCUT2D eigenvalue weighted by molar-refractivity contribution is 5.91. The third-order valence-electron chi connectivity index (χ3n) is 5.26. The first-order valence-corrected chi connectivity index (χ1v) is 7.52. The molecule has 114 valence electrons. The van der Waals surface area contributed by atoms with Crippen molar-refractivity contribution in [3.8, 4) is 0 Å². The Morgan fingerprint density at radius 2 is 1.80 bits per heavy atom. The van der Waals surface area contributed by atoms with Gasteiger partial charge >= 0.3 is 5.97 Å². The number of hydrogen-bond donors (Lipinski definition) is 1. The molecule has 0 spiro atoms. The lowest BCUT2D eigenvalue weighted by atomic mass is 10.0. The summed E-state index contributed by atoms with van der Waals surface area (Å²) in [7, 11) is 1.84. The first kappa shape index (κ1) is 15.3. The molecule has 1 heterocycles. The second kappa shape index (κ2) is 5.35. The summed E-state index contributed by atoms with van der Waals surface area (Å²) < 4.78 is 0. The molecule has 20 heavy (non-hydrogen) atoms. The van der Waals surface area contributed by atoms with Gasteiger partial charge in [-0.05, 0) is 24.8 Å². The summed E-state index contributed by atoms with van der Waals surface area (Å²) in [5, 5.41) is 9.19. The molecule has 5 nitrogen and oxygen atoms in total. The molecule has 2 fully saturated rings. The highest BCUT2D eigenvalue weighted by Gasteiger charge is 2.66. The fourth-order valence-electron chi connectivity index (χ4n) is 3.58. The van der Waals surface area contributed by atoms with Crippen LogP contribution in [0.2, 0.25) is 0 Å². The predicted octanol–water partition coefficient (Wildman–Crippen LogP) is 1.29. The maximum absolute atomic E-state index is 12.5. The number of carbonyl (C=O) groups excluding carboxylic acids is 1. The zero-order valence-electron chi connectivity index (χ0n) is 12.9. The standard InChI is InChI=1S/C15H26N2O3/c1-5-17-8-6-10(7-9-17)16(4)13(18)11-12(14(19)20)15(11,2)3/h10-12H,5-9H2,1-4H3,(H,19,20)/t11-,12+/m1/s1. The Hall–Kier alpha value is -1.10. The van der Waals surface area contributed by atoms with E-state index in [1.54, 1.807) is 0 Å². The Balaban J connectivity index is 1.95. The van der Waals surface area contributed by atoms with E-state index in [0.717, 1.165) is 32.5 Å². The Kier molecular flexibility index (Phi) is 4.09. The largest absolute Gasteiger partial charge is 0.481 e. The SMILES string of the molecule is CCN1CCC(N(C)C(=O)[C@H]2[C@@H](C(=O)O)C2(C)C)CC1. The number of carboxylic acid groups (broad SMARTS) is 1. The maximum Gasteiger partial charge on any atom is 0.307 e. The molecule has 0 radical (unpaired) electrons. The number of piperidine rings is 1. The fraction of sp³-hybridized carbons (Fsp3) is 0.867. The number of amides is 1. The van der Waals surface area contributed by atoms with E-state index in [1.807, 2.05) is 25.8 Å². The molecule has 1 aliphatic carbocycles. The zero-order valence-corrected chi connectivity index (χ0v) is 12.9. The lowest BCUT2D eigenvalue weighted by Crippen LogP contribution is -2.46. The van der Waals surface area contributed by atoms with Crippen LogP contribution in [0.15, 0.2) is 0 Å². The predicted molar refractivity (Wildman–Crippen MR) is 76.3 cm³/mol. The normalized spacial score (nSPS) is 30.0. The van der Waals surface area contributed by atoms with Crippen molar-refractivity contribution in [1.82, 2.24) is 9.80 Å². The van der Waals surface area contributed by atoms with Crippen LogP contribution in [0.25, 0.3) is 0 Å². The molecule has 2 aliphatic rings. The Labute approximate surface area is 120 Å². The van der Waals surface area contributed by atoms with Gasteiger partial charge in [-0.25, -0.2) is 0 Å². The van der Waals surface area contributed by atoms with Gasteiger partial charge in [0, 0.05) is 26.2 Å². The maximum atomic E-state index is 12.5. The average Bonchev–Trinajstić information content (AvgIpc) is 3.00.